The Balaban J connectivity index is 1.83. The van der Waals surface area contributed by atoms with E-state index in [1.54, 1.807) is 12.4 Å². The molecule has 0 aliphatic carbocycles. The summed E-state index contributed by atoms with van der Waals surface area (Å²) in [6.07, 6.45) is 5.22. The van der Waals surface area contributed by atoms with Gasteiger partial charge in [-0.15, -0.1) is 0 Å². The summed E-state index contributed by atoms with van der Waals surface area (Å²) in [5, 5.41) is 3.36. The second-order valence-electron chi connectivity index (χ2n) is 4.10. The summed E-state index contributed by atoms with van der Waals surface area (Å²) in [4.78, 5) is 20.9. The molecule has 1 aromatic heterocycles. The number of nitrogens with one attached hydrogen (secondary N) is 1. The average molecular weight is 281 g/mol. The molecule has 4 nitrogen and oxygen atoms in total. The zero-order valence-electron chi connectivity index (χ0n) is 10.5. The van der Waals surface area contributed by atoms with Crippen LogP contribution >= 0.6 is 11.8 Å². The Labute approximate surface area is 120 Å². The SMILES string of the molecule is O=C1NC(=Nc2ccccc2)SC1=Cc1ccncc1. The number of benzene rings is 1. The van der Waals surface area contributed by atoms with E-state index >= 15 is 0 Å². The Morgan fingerprint density at radius 2 is 1.85 bits per heavy atom. The van der Waals surface area contributed by atoms with E-state index < -0.39 is 0 Å². The standard InChI is InChI=1S/C15H11N3OS/c19-14-13(10-11-6-8-16-9-7-11)20-15(18-14)17-12-4-2-1-3-5-12/h1-10H,(H,17,18,19). The molecule has 5 heteroatoms. The quantitative estimate of drug-likeness (QED) is 0.861. The van der Waals surface area contributed by atoms with Gasteiger partial charge in [0.1, 0.15) is 0 Å². The van der Waals surface area contributed by atoms with Crippen molar-refractivity contribution in [2.75, 3.05) is 0 Å². The minimum absolute atomic E-state index is 0.124. The Kier molecular flexibility index (Phi) is 3.60. The minimum atomic E-state index is -0.124. The molecular formula is C15H11N3OS. The molecule has 0 saturated carbocycles. The van der Waals surface area contributed by atoms with Gasteiger partial charge in [0.15, 0.2) is 5.17 Å². The maximum atomic E-state index is 11.9. The van der Waals surface area contributed by atoms with Crippen LogP contribution in [0.25, 0.3) is 6.08 Å². The third-order valence-corrected chi connectivity index (χ3v) is 3.55. The van der Waals surface area contributed by atoms with Crippen molar-refractivity contribution < 1.29 is 4.79 Å². The Morgan fingerprint density at radius 3 is 2.60 bits per heavy atom. The summed E-state index contributed by atoms with van der Waals surface area (Å²) in [7, 11) is 0. The number of aromatic nitrogens is 1. The number of rotatable bonds is 2. The molecule has 2 aromatic rings. The minimum Gasteiger partial charge on any atom is -0.300 e. The number of thioether (sulfide) groups is 1. The molecule has 2 heterocycles. The zero-order valence-corrected chi connectivity index (χ0v) is 11.3. The lowest BCUT2D eigenvalue weighted by Gasteiger charge is -1.94. The third kappa shape index (κ3) is 2.95. The first-order valence-electron chi connectivity index (χ1n) is 6.06. The molecule has 3 rings (SSSR count). The summed E-state index contributed by atoms with van der Waals surface area (Å²) in [5.74, 6) is -0.124. The fraction of sp³-hybridized carbons (Fsp3) is 0. The molecule has 1 aliphatic heterocycles. The number of carbonyl (C=O) groups is 1. The highest BCUT2D eigenvalue weighted by molar-refractivity contribution is 8.18. The molecular weight excluding hydrogens is 270 g/mol. The number of amides is 1. The van der Waals surface area contributed by atoms with E-state index in [0.29, 0.717) is 10.1 Å². The van der Waals surface area contributed by atoms with Gasteiger partial charge in [0.2, 0.25) is 0 Å². The van der Waals surface area contributed by atoms with Gasteiger partial charge in [-0.3, -0.25) is 9.78 Å². The van der Waals surface area contributed by atoms with Gasteiger partial charge < -0.3 is 5.32 Å². The van der Waals surface area contributed by atoms with Gasteiger partial charge in [0.05, 0.1) is 10.6 Å². The van der Waals surface area contributed by atoms with Crippen molar-refractivity contribution in [3.63, 3.8) is 0 Å². The number of para-hydroxylation sites is 1. The highest BCUT2D eigenvalue weighted by Crippen LogP contribution is 2.27. The summed E-state index contributed by atoms with van der Waals surface area (Å²) in [5.41, 5.74) is 1.76. The van der Waals surface area contributed by atoms with Gasteiger partial charge in [-0.2, -0.15) is 0 Å². The van der Waals surface area contributed by atoms with E-state index in [9.17, 15) is 4.79 Å². The fourth-order valence-corrected chi connectivity index (χ4v) is 2.55. The van der Waals surface area contributed by atoms with Crippen LogP contribution in [-0.2, 0) is 4.79 Å². The Morgan fingerprint density at radius 1 is 1.10 bits per heavy atom. The Bertz CT molecular complexity index is 681. The molecule has 1 fully saturated rings. The van der Waals surface area contributed by atoms with Gasteiger partial charge in [-0.05, 0) is 47.7 Å². The van der Waals surface area contributed by atoms with Crippen LogP contribution in [0.2, 0.25) is 0 Å². The number of nitrogens with zero attached hydrogens (tertiary/aromatic N) is 2. The topological polar surface area (TPSA) is 54.4 Å². The molecule has 0 unspecified atom stereocenters. The molecule has 20 heavy (non-hydrogen) atoms. The molecule has 0 bridgehead atoms. The monoisotopic (exact) mass is 281 g/mol. The van der Waals surface area contributed by atoms with E-state index in [1.807, 2.05) is 48.5 Å². The highest BCUT2D eigenvalue weighted by atomic mass is 32.2. The van der Waals surface area contributed by atoms with Crippen LogP contribution in [0, 0.1) is 0 Å². The lowest BCUT2D eigenvalue weighted by Crippen LogP contribution is -2.19. The first-order chi connectivity index (χ1) is 9.81. The number of carbonyl (C=O) groups excluding carboxylic acids is 1. The molecule has 0 atom stereocenters. The van der Waals surface area contributed by atoms with Crippen molar-refractivity contribution in [3.8, 4) is 0 Å². The number of pyridine rings is 1. The lowest BCUT2D eigenvalue weighted by molar-refractivity contribution is -0.115. The van der Waals surface area contributed by atoms with Crippen molar-refractivity contribution in [1.29, 1.82) is 0 Å². The van der Waals surface area contributed by atoms with E-state index in [2.05, 4.69) is 15.3 Å². The molecule has 1 saturated heterocycles. The van der Waals surface area contributed by atoms with Crippen molar-refractivity contribution in [3.05, 3.63) is 65.3 Å². The van der Waals surface area contributed by atoms with Gasteiger partial charge in [0.25, 0.3) is 5.91 Å². The van der Waals surface area contributed by atoms with Gasteiger partial charge >= 0.3 is 0 Å². The van der Waals surface area contributed by atoms with Crippen molar-refractivity contribution in [2.24, 2.45) is 4.99 Å². The van der Waals surface area contributed by atoms with Crippen LogP contribution in [0.4, 0.5) is 5.69 Å². The normalized spacial score (nSPS) is 18.5. The van der Waals surface area contributed by atoms with Gasteiger partial charge in [-0.25, -0.2) is 4.99 Å². The first-order valence-corrected chi connectivity index (χ1v) is 6.87. The maximum Gasteiger partial charge on any atom is 0.264 e. The summed E-state index contributed by atoms with van der Waals surface area (Å²) in [6, 6.07) is 13.2. The van der Waals surface area contributed by atoms with Crippen molar-refractivity contribution in [1.82, 2.24) is 10.3 Å². The largest absolute Gasteiger partial charge is 0.300 e. The predicted molar refractivity (Wildman–Crippen MR) is 81.5 cm³/mol. The van der Waals surface area contributed by atoms with Crippen LogP contribution in [0.3, 0.4) is 0 Å². The Hall–Kier alpha value is -2.40. The predicted octanol–water partition coefficient (Wildman–Crippen LogP) is 2.97. The second-order valence-corrected chi connectivity index (χ2v) is 5.13. The molecule has 0 radical (unpaired) electrons. The fourth-order valence-electron chi connectivity index (χ4n) is 1.71. The van der Waals surface area contributed by atoms with E-state index in [4.69, 9.17) is 0 Å². The van der Waals surface area contributed by atoms with Crippen LogP contribution in [0.15, 0.2) is 64.8 Å². The van der Waals surface area contributed by atoms with E-state index in [1.165, 1.54) is 11.8 Å². The summed E-state index contributed by atoms with van der Waals surface area (Å²) < 4.78 is 0. The molecule has 1 amide bonds. The maximum absolute atomic E-state index is 11.9. The van der Waals surface area contributed by atoms with Crippen LogP contribution in [-0.4, -0.2) is 16.1 Å². The number of amidine groups is 1. The van der Waals surface area contributed by atoms with Crippen molar-refractivity contribution in [2.45, 2.75) is 0 Å². The number of hydrogen-bond donors (Lipinski definition) is 1. The second kappa shape index (κ2) is 5.71. The summed E-state index contributed by atoms with van der Waals surface area (Å²) in [6.45, 7) is 0. The van der Waals surface area contributed by atoms with Crippen LogP contribution in [0.1, 0.15) is 5.56 Å². The molecule has 0 spiro atoms. The third-order valence-electron chi connectivity index (χ3n) is 2.64. The van der Waals surface area contributed by atoms with Gasteiger partial charge in [-0.1, -0.05) is 18.2 Å². The zero-order chi connectivity index (χ0) is 13.8. The van der Waals surface area contributed by atoms with Gasteiger partial charge in [0, 0.05) is 12.4 Å². The smallest absolute Gasteiger partial charge is 0.264 e. The van der Waals surface area contributed by atoms with Crippen LogP contribution < -0.4 is 5.32 Å². The average Bonchev–Trinajstić information content (AvgIpc) is 2.81. The molecule has 98 valence electrons. The molecule has 1 aliphatic rings. The first kappa shape index (κ1) is 12.6. The van der Waals surface area contributed by atoms with Crippen molar-refractivity contribution >= 4 is 34.6 Å². The lowest BCUT2D eigenvalue weighted by atomic mass is 10.2. The molecule has 1 N–H and O–H groups in total. The number of hydrogen-bond acceptors (Lipinski definition) is 4. The molecule has 1 aromatic carbocycles. The van der Waals surface area contributed by atoms with Crippen LogP contribution in [0.5, 0.6) is 0 Å². The highest BCUT2D eigenvalue weighted by Gasteiger charge is 2.23. The summed E-state index contributed by atoms with van der Waals surface area (Å²) >= 11 is 1.34. The number of aliphatic imine (C=N–C) groups is 1. The van der Waals surface area contributed by atoms with E-state index in [-0.39, 0.29) is 5.91 Å². The van der Waals surface area contributed by atoms with E-state index in [0.717, 1.165) is 11.3 Å².